The molecule has 0 spiro atoms. The number of methoxy groups -OCH3 is 1. The van der Waals surface area contributed by atoms with Crippen molar-refractivity contribution in [1.82, 2.24) is 19.4 Å². The second kappa shape index (κ2) is 11.4. The van der Waals surface area contributed by atoms with Crippen molar-refractivity contribution in [3.8, 4) is 17.0 Å². The van der Waals surface area contributed by atoms with Crippen LogP contribution in [0.4, 0.5) is 23.0 Å². The molecule has 0 amide bonds. The van der Waals surface area contributed by atoms with Crippen molar-refractivity contribution in [2.75, 3.05) is 63.9 Å². The summed E-state index contributed by atoms with van der Waals surface area (Å²) in [4.78, 5) is 26.2. The number of nitrogens with zero attached hydrogens (tertiary/aromatic N) is 5. The number of para-hydroxylation sites is 1. The number of benzene rings is 2. The molecule has 2 heterocycles. The molecule has 0 radical (unpaired) electrons. The number of ether oxygens (including phenoxy) is 2. The van der Waals surface area contributed by atoms with E-state index in [2.05, 4.69) is 20.1 Å². The van der Waals surface area contributed by atoms with Gasteiger partial charge < -0.3 is 34.9 Å². The molecule has 38 heavy (non-hydrogen) atoms. The maximum atomic E-state index is 12.8. The Morgan fingerprint density at radius 2 is 1.92 bits per heavy atom. The molecule has 10 nitrogen and oxygen atoms in total. The summed E-state index contributed by atoms with van der Waals surface area (Å²) in [5, 5.41) is 4.20. The molecule has 0 fully saturated rings. The van der Waals surface area contributed by atoms with Gasteiger partial charge in [-0.05, 0) is 33.2 Å². The lowest BCUT2D eigenvalue weighted by Crippen LogP contribution is -2.29. The van der Waals surface area contributed by atoms with Gasteiger partial charge in [0.05, 0.1) is 36.5 Å². The Morgan fingerprint density at radius 1 is 1.16 bits per heavy atom. The van der Waals surface area contributed by atoms with E-state index < -0.39 is 5.97 Å². The van der Waals surface area contributed by atoms with Crippen LogP contribution in [0, 0.1) is 0 Å². The molecule has 200 valence electrons. The van der Waals surface area contributed by atoms with E-state index in [0.717, 1.165) is 35.2 Å². The van der Waals surface area contributed by atoms with Crippen LogP contribution in [0.5, 0.6) is 5.75 Å². The van der Waals surface area contributed by atoms with Gasteiger partial charge in [-0.3, -0.25) is 0 Å². The number of likely N-dealkylation sites (N-methyl/N-ethyl adjacent to an activating group) is 2. The van der Waals surface area contributed by atoms with Crippen molar-refractivity contribution in [2.24, 2.45) is 7.05 Å². The zero-order valence-electron chi connectivity index (χ0n) is 22.8. The lowest BCUT2D eigenvalue weighted by molar-refractivity contribution is 0.0526. The number of rotatable bonds is 10. The van der Waals surface area contributed by atoms with Crippen LogP contribution in [-0.2, 0) is 11.8 Å². The summed E-state index contributed by atoms with van der Waals surface area (Å²) < 4.78 is 13.0. The Balaban J connectivity index is 1.75. The van der Waals surface area contributed by atoms with Crippen LogP contribution in [-0.4, -0.2) is 73.4 Å². The van der Waals surface area contributed by atoms with E-state index in [-0.39, 0.29) is 12.2 Å². The fourth-order valence-electron chi connectivity index (χ4n) is 4.31. The number of anilines is 4. The third kappa shape index (κ3) is 5.50. The number of nitrogen functional groups attached to an aromatic ring is 1. The van der Waals surface area contributed by atoms with E-state index in [1.165, 1.54) is 6.20 Å². The summed E-state index contributed by atoms with van der Waals surface area (Å²) in [5.74, 6) is 0.414. The standard InChI is InChI=1S/C28H35N7O3/c1-7-38-27(36)19-16-30-28(32-26(19)20-17-35(5)23-11-9-8-10-18(20)23)31-22-14-21(29)24(15-25(22)37-6)34(4)13-12-33(2)3/h8-11,14-17H,7,12-13,29H2,1-6H3,(H,30,31,32). The lowest BCUT2D eigenvalue weighted by Gasteiger charge is -2.24. The van der Waals surface area contributed by atoms with E-state index in [9.17, 15) is 4.79 Å². The second-order valence-electron chi connectivity index (χ2n) is 9.31. The van der Waals surface area contributed by atoms with Gasteiger partial charge in [-0.2, -0.15) is 0 Å². The zero-order chi connectivity index (χ0) is 27.4. The summed E-state index contributed by atoms with van der Waals surface area (Å²) in [6.07, 6.45) is 3.44. The number of hydrogen-bond donors (Lipinski definition) is 2. The van der Waals surface area contributed by atoms with Crippen molar-refractivity contribution in [3.05, 3.63) is 54.4 Å². The lowest BCUT2D eigenvalue weighted by atomic mass is 10.1. The van der Waals surface area contributed by atoms with E-state index >= 15 is 0 Å². The Hall–Kier alpha value is -4.31. The van der Waals surface area contributed by atoms with Crippen molar-refractivity contribution in [3.63, 3.8) is 0 Å². The maximum absolute atomic E-state index is 12.8. The van der Waals surface area contributed by atoms with Crippen molar-refractivity contribution in [1.29, 1.82) is 0 Å². The number of fused-ring (bicyclic) bond motifs is 1. The fraction of sp³-hybridized carbons (Fsp3) is 0.321. The van der Waals surface area contributed by atoms with Gasteiger partial charge in [-0.15, -0.1) is 0 Å². The van der Waals surface area contributed by atoms with Crippen LogP contribution in [0.3, 0.4) is 0 Å². The Kier molecular flexibility index (Phi) is 8.02. The molecule has 3 N–H and O–H groups in total. The van der Waals surface area contributed by atoms with Gasteiger partial charge in [0.2, 0.25) is 5.95 Å². The minimum atomic E-state index is -0.478. The van der Waals surface area contributed by atoms with Crippen LogP contribution in [0.1, 0.15) is 17.3 Å². The molecule has 4 rings (SSSR count). The van der Waals surface area contributed by atoms with Gasteiger partial charge in [0.15, 0.2) is 0 Å². The number of carbonyl (C=O) groups is 1. The van der Waals surface area contributed by atoms with Crippen molar-refractivity contribution >= 4 is 39.9 Å². The quantitative estimate of drug-likeness (QED) is 0.237. The number of aromatic nitrogens is 3. The molecule has 2 aromatic heterocycles. The number of nitrogens with two attached hydrogens (primary N) is 1. The summed E-state index contributed by atoms with van der Waals surface area (Å²) in [7, 11) is 9.62. The number of carbonyl (C=O) groups excluding carboxylic acids is 1. The van der Waals surface area contributed by atoms with Crippen LogP contribution in [0.25, 0.3) is 22.2 Å². The summed E-state index contributed by atoms with van der Waals surface area (Å²) >= 11 is 0. The average molecular weight is 518 g/mol. The van der Waals surface area contributed by atoms with E-state index in [4.69, 9.17) is 20.2 Å². The molecule has 0 bridgehead atoms. The molecule has 4 aromatic rings. The van der Waals surface area contributed by atoms with Crippen LogP contribution in [0.2, 0.25) is 0 Å². The highest BCUT2D eigenvalue weighted by atomic mass is 16.5. The van der Waals surface area contributed by atoms with Crippen LogP contribution < -0.4 is 20.7 Å². The average Bonchev–Trinajstić information content (AvgIpc) is 3.24. The fourth-order valence-corrected chi connectivity index (χ4v) is 4.31. The van der Waals surface area contributed by atoms with Crippen LogP contribution >= 0.6 is 0 Å². The first kappa shape index (κ1) is 26.7. The third-order valence-corrected chi connectivity index (χ3v) is 6.33. The smallest absolute Gasteiger partial charge is 0.341 e. The Bertz CT molecular complexity index is 1450. The molecule has 0 unspecified atom stereocenters. The SMILES string of the molecule is CCOC(=O)c1cnc(Nc2cc(N)c(N(C)CCN(C)C)cc2OC)nc1-c1cn(C)c2ccccc12. The largest absolute Gasteiger partial charge is 0.494 e. The zero-order valence-corrected chi connectivity index (χ0v) is 22.8. The minimum Gasteiger partial charge on any atom is -0.494 e. The molecule has 10 heteroatoms. The highest BCUT2D eigenvalue weighted by Gasteiger charge is 2.21. The molecule has 0 aliphatic heterocycles. The third-order valence-electron chi connectivity index (χ3n) is 6.33. The van der Waals surface area contributed by atoms with Gasteiger partial charge >= 0.3 is 5.97 Å². The molecular formula is C28H35N7O3. The van der Waals surface area contributed by atoms with Crippen LogP contribution in [0.15, 0.2) is 48.8 Å². The van der Waals surface area contributed by atoms with Gasteiger partial charge in [0, 0.05) is 62.1 Å². The summed E-state index contributed by atoms with van der Waals surface area (Å²) in [5.41, 5.74) is 11.1. The van der Waals surface area contributed by atoms with Crippen molar-refractivity contribution < 1.29 is 14.3 Å². The van der Waals surface area contributed by atoms with E-state index in [1.54, 1.807) is 20.1 Å². The first-order valence-electron chi connectivity index (χ1n) is 12.4. The van der Waals surface area contributed by atoms with Gasteiger partial charge in [0.25, 0.3) is 0 Å². The normalized spacial score (nSPS) is 11.1. The molecule has 0 saturated heterocycles. The molecule has 0 saturated carbocycles. The van der Waals surface area contributed by atoms with Gasteiger partial charge in [-0.25, -0.2) is 14.8 Å². The monoisotopic (exact) mass is 517 g/mol. The Labute approximate surface area is 223 Å². The maximum Gasteiger partial charge on any atom is 0.341 e. The highest BCUT2D eigenvalue weighted by Crippen LogP contribution is 2.37. The molecule has 0 aliphatic rings. The predicted octanol–water partition coefficient (Wildman–Crippen LogP) is 4.14. The Morgan fingerprint density at radius 3 is 2.63 bits per heavy atom. The molecule has 0 aliphatic carbocycles. The molecular weight excluding hydrogens is 482 g/mol. The molecule has 0 atom stereocenters. The van der Waals surface area contributed by atoms with Crippen molar-refractivity contribution in [2.45, 2.75) is 6.92 Å². The first-order valence-corrected chi connectivity index (χ1v) is 12.4. The highest BCUT2D eigenvalue weighted by molar-refractivity contribution is 6.03. The molecule has 2 aromatic carbocycles. The minimum absolute atomic E-state index is 0.250. The predicted molar refractivity (Wildman–Crippen MR) is 152 cm³/mol. The summed E-state index contributed by atoms with van der Waals surface area (Å²) in [6, 6.07) is 11.7. The summed E-state index contributed by atoms with van der Waals surface area (Å²) in [6.45, 7) is 3.71. The first-order chi connectivity index (χ1) is 18.2. The van der Waals surface area contributed by atoms with E-state index in [0.29, 0.717) is 28.8 Å². The van der Waals surface area contributed by atoms with E-state index in [1.807, 2.05) is 69.3 Å². The number of esters is 1. The van der Waals surface area contributed by atoms with Gasteiger partial charge in [-0.1, -0.05) is 18.2 Å². The number of hydrogen-bond acceptors (Lipinski definition) is 9. The van der Waals surface area contributed by atoms with Gasteiger partial charge in [0.1, 0.15) is 11.3 Å². The number of nitrogens with one attached hydrogen (secondary N) is 1. The second-order valence-corrected chi connectivity index (χ2v) is 9.31. The topological polar surface area (TPSA) is 111 Å². The number of aryl methyl sites for hydroxylation is 1.